The molecule has 0 aliphatic heterocycles. The lowest BCUT2D eigenvalue weighted by molar-refractivity contribution is 0.101. The van der Waals surface area contributed by atoms with Crippen LogP contribution in [-0.4, -0.2) is 33.1 Å². The number of aliphatic hydroxyl groups is 1. The molecule has 2 aromatic heterocycles. The lowest BCUT2D eigenvalue weighted by atomic mass is 9.92. The second-order valence-electron chi connectivity index (χ2n) is 9.03. The average Bonchev–Trinajstić information content (AvgIpc) is 3.45. The number of anilines is 2. The van der Waals surface area contributed by atoms with Gasteiger partial charge in [0.05, 0.1) is 24.3 Å². The monoisotopic (exact) mass is 457 g/mol. The number of nitrogen functional groups attached to an aromatic ring is 1. The van der Waals surface area contributed by atoms with E-state index in [1.54, 1.807) is 19.2 Å². The first-order valence-electron chi connectivity index (χ1n) is 11.2. The number of nitrogens with one attached hydrogen (secondary N) is 2. The predicted molar refractivity (Wildman–Crippen MR) is 131 cm³/mol. The normalized spacial score (nSPS) is 14.3. The zero-order valence-corrected chi connectivity index (χ0v) is 19.2. The van der Waals surface area contributed by atoms with Gasteiger partial charge >= 0.3 is 0 Å². The number of ether oxygens (including phenoxy) is 1. The molecule has 4 aromatic rings. The number of methoxy groups -OCH3 is 1. The van der Waals surface area contributed by atoms with Crippen molar-refractivity contribution in [2.24, 2.45) is 0 Å². The van der Waals surface area contributed by atoms with E-state index in [-0.39, 0.29) is 23.7 Å². The van der Waals surface area contributed by atoms with E-state index in [0.29, 0.717) is 17.9 Å². The maximum absolute atomic E-state index is 12.9. The quantitative estimate of drug-likeness (QED) is 0.330. The van der Waals surface area contributed by atoms with Crippen LogP contribution in [0, 0.1) is 0 Å². The van der Waals surface area contributed by atoms with Gasteiger partial charge in [-0.25, -0.2) is 9.97 Å². The van der Waals surface area contributed by atoms with Crippen LogP contribution in [0.1, 0.15) is 47.1 Å². The van der Waals surface area contributed by atoms with Gasteiger partial charge in [0.1, 0.15) is 11.5 Å². The van der Waals surface area contributed by atoms with Crippen LogP contribution in [0.3, 0.4) is 0 Å². The third kappa shape index (κ3) is 4.02. The Morgan fingerprint density at radius 2 is 1.94 bits per heavy atom. The lowest BCUT2D eigenvalue weighted by Crippen LogP contribution is -2.17. The molecule has 8 heteroatoms. The molecule has 1 amide bonds. The lowest BCUT2D eigenvalue weighted by Gasteiger charge is -2.13. The molecule has 5 N–H and O–H groups in total. The summed E-state index contributed by atoms with van der Waals surface area (Å²) in [5.41, 5.74) is 12.3. The van der Waals surface area contributed by atoms with E-state index in [2.05, 4.69) is 27.2 Å². The van der Waals surface area contributed by atoms with Crippen LogP contribution in [0.2, 0.25) is 0 Å². The largest absolute Gasteiger partial charge is 0.392 e. The van der Waals surface area contributed by atoms with Crippen molar-refractivity contribution < 1.29 is 14.6 Å². The molecule has 2 aromatic carbocycles. The fraction of sp³-hybridized carbons (Fsp3) is 0.269. The molecular formula is C26H27N5O3. The molecule has 34 heavy (non-hydrogen) atoms. The highest BCUT2D eigenvalue weighted by atomic mass is 16.5. The fourth-order valence-electron chi connectivity index (χ4n) is 4.34. The second kappa shape index (κ2) is 8.55. The number of aliphatic hydroxyl groups excluding tert-OH is 1. The van der Waals surface area contributed by atoms with Crippen molar-refractivity contribution in [1.82, 2.24) is 15.0 Å². The number of carbonyl (C=O) groups excluding carboxylic acids is 1. The number of hydrogen-bond acceptors (Lipinski definition) is 6. The van der Waals surface area contributed by atoms with Gasteiger partial charge in [0.2, 0.25) is 5.82 Å². The molecule has 1 aliphatic rings. The first-order chi connectivity index (χ1) is 16.4. The van der Waals surface area contributed by atoms with Crippen molar-refractivity contribution >= 4 is 28.4 Å². The van der Waals surface area contributed by atoms with Gasteiger partial charge in [-0.3, -0.25) is 4.79 Å². The zero-order valence-electron chi connectivity index (χ0n) is 19.2. The Morgan fingerprint density at radius 3 is 2.62 bits per heavy atom. The summed E-state index contributed by atoms with van der Waals surface area (Å²) in [6, 6.07) is 15.1. The molecule has 174 valence electrons. The molecule has 0 radical (unpaired) electrons. The highest BCUT2D eigenvalue weighted by molar-refractivity contribution is 6.05. The molecule has 0 atom stereocenters. The van der Waals surface area contributed by atoms with Crippen molar-refractivity contribution in [1.29, 1.82) is 0 Å². The maximum Gasteiger partial charge on any atom is 0.293 e. The van der Waals surface area contributed by atoms with Gasteiger partial charge in [-0.2, -0.15) is 0 Å². The van der Waals surface area contributed by atoms with Crippen LogP contribution in [0.4, 0.5) is 11.5 Å². The van der Waals surface area contributed by atoms with Gasteiger partial charge in [-0.05, 0) is 58.7 Å². The van der Waals surface area contributed by atoms with Crippen LogP contribution >= 0.6 is 0 Å². The molecule has 2 heterocycles. The first-order valence-corrected chi connectivity index (χ1v) is 11.2. The first kappa shape index (κ1) is 22.1. The summed E-state index contributed by atoms with van der Waals surface area (Å²) in [5, 5.41) is 13.2. The molecule has 1 fully saturated rings. The second-order valence-corrected chi connectivity index (χ2v) is 9.03. The van der Waals surface area contributed by atoms with Crippen molar-refractivity contribution in [3.05, 3.63) is 71.0 Å². The summed E-state index contributed by atoms with van der Waals surface area (Å²) in [5.74, 6) is -0.171. The number of benzene rings is 2. The summed E-state index contributed by atoms with van der Waals surface area (Å²) in [4.78, 5) is 25.2. The molecule has 0 unspecified atom stereocenters. The molecule has 0 spiro atoms. The van der Waals surface area contributed by atoms with E-state index in [4.69, 9.17) is 10.5 Å². The summed E-state index contributed by atoms with van der Waals surface area (Å²) in [6.45, 7) is 2.66. The van der Waals surface area contributed by atoms with Crippen LogP contribution < -0.4 is 11.1 Å². The Labute approximate surface area is 197 Å². The van der Waals surface area contributed by atoms with E-state index in [9.17, 15) is 9.90 Å². The Balaban J connectivity index is 1.54. The fourth-order valence-corrected chi connectivity index (χ4v) is 4.34. The van der Waals surface area contributed by atoms with E-state index in [1.165, 1.54) is 0 Å². The minimum Gasteiger partial charge on any atom is -0.392 e. The Hall–Kier alpha value is -3.75. The zero-order chi connectivity index (χ0) is 23.9. The highest BCUT2D eigenvalue weighted by Crippen LogP contribution is 2.53. The topological polar surface area (TPSA) is 126 Å². The van der Waals surface area contributed by atoms with E-state index in [1.807, 2.05) is 36.4 Å². The molecule has 1 saturated carbocycles. The summed E-state index contributed by atoms with van der Waals surface area (Å²) >= 11 is 0. The molecular weight excluding hydrogens is 430 g/mol. The van der Waals surface area contributed by atoms with Gasteiger partial charge in [0, 0.05) is 12.8 Å². The minimum absolute atomic E-state index is 0.00428. The van der Waals surface area contributed by atoms with Crippen LogP contribution in [0.15, 0.2) is 48.5 Å². The Kier molecular flexibility index (Phi) is 5.55. The van der Waals surface area contributed by atoms with Gasteiger partial charge in [-0.1, -0.05) is 37.3 Å². The average molecular weight is 458 g/mol. The molecule has 0 bridgehead atoms. The number of aromatic nitrogens is 3. The number of hydrogen-bond donors (Lipinski definition) is 4. The van der Waals surface area contributed by atoms with Crippen molar-refractivity contribution in [3.8, 4) is 11.3 Å². The summed E-state index contributed by atoms with van der Waals surface area (Å²) < 4.78 is 5.12. The summed E-state index contributed by atoms with van der Waals surface area (Å²) in [6.07, 6.45) is 2.07. The number of rotatable bonds is 7. The van der Waals surface area contributed by atoms with Crippen LogP contribution in [0.5, 0.6) is 0 Å². The third-order valence-electron chi connectivity index (χ3n) is 6.41. The van der Waals surface area contributed by atoms with Gasteiger partial charge in [-0.15, -0.1) is 0 Å². The van der Waals surface area contributed by atoms with Crippen molar-refractivity contribution in [2.75, 3.05) is 18.2 Å². The number of nitrogens with zero attached hydrogens (tertiary/aromatic N) is 2. The number of fused-ring (bicyclic) bond motifs is 1. The van der Waals surface area contributed by atoms with Crippen LogP contribution in [0.25, 0.3) is 22.3 Å². The van der Waals surface area contributed by atoms with E-state index in [0.717, 1.165) is 46.2 Å². The SMILES string of the molecule is COCc1ccc(NC(=O)c2nc(N)c3c(C4(C)CC4)c(-c4cccc(CO)c4)[nH]c3n2)cc1. The number of nitrogens with two attached hydrogens (primary N) is 1. The molecule has 8 nitrogen and oxygen atoms in total. The molecule has 5 rings (SSSR count). The molecule has 1 aliphatic carbocycles. The highest BCUT2D eigenvalue weighted by Gasteiger charge is 2.44. The van der Waals surface area contributed by atoms with Crippen molar-refractivity contribution in [2.45, 2.75) is 38.4 Å². The summed E-state index contributed by atoms with van der Waals surface area (Å²) in [7, 11) is 1.64. The van der Waals surface area contributed by atoms with Gasteiger partial charge in [0.25, 0.3) is 5.91 Å². The van der Waals surface area contributed by atoms with Crippen LogP contribution in [-0.2, 0) is 23.4 Å². The predicted octanol–water partition coefficient (Wildman–Crippen LogP) is 4.15. The van der Waals surface area contributed by atoms with Gasteiger partial charge < -0.3 is 25.9 Å². The number of H-pyrrole nitrogens is 1. The molecule has 0 saturated heterocycles. The smallest absolute Gasteiger partial charge is 0.293 e. The number of aromatic amines is 1. The standard InChI is InChI=1S/C26H27N5O3/c1-26(10-11-26)20-19-22(27)30-24(25(33)28-18-8-6-15(7-9-18)14-34-2)31-23(19)29-21(20)17-5-3-4-16(12-17)13-32/h3-9,12,32H,10-11,13-14H2,1-2H3,(H,28,33)(H3,27,29,30,31). The Morgan fingerprint density at radius 1 is 1.18 bits per heavy atom. The van der Waals surface area contributed by atoms with E-state index >= 15 is 0 Å². The number of carbonyl (C=O) groups is 1. The number of amides is 1. The maximum atomic E-state index is 12.9. The minimum atomic E-state index is -0.439. The third-order valence-corrected chi connectivity index (χ3v) is 6.41. The van der Waals surface area contributed by atoms with Gasteiger partial charge in [0.15, 0.2) is 0 Å². The Bertz CT molecular complexity index is 1370. The van der Waals surface area contributed by atoms with Crippen molar-refractivity contribution in [3.63, 3.8) is 0 Å². The van der Waals surface area contributed by atoms with E-state index < -0.39 is 5.91 Å².